The van der Waals surface area contributed by atoms with Gasteiger partial charge in [0.25, 0.3) is 0 Å². The number of H-pyrrole nitrogens is 1. The van der Waals surface area contributed by atoms with Gasteiger partial charge in [0.15, 0.2) is 5.65 Å². The summed E-state index contributed by atoms with van der Waals surface area (Å²) in [7, 11) is 0. The van der Waals surface area contributed by atoms with Crippen LogP contribution in [0.25, 0.3) is 11.0 Å². The smallest absolute Gasteiger partial charge is 0.335 e. The fourth-order valence-electron chi connectivity index (χ4n) is 1.91. The highest BCUT2D eigenvalue weighted by Gasteiger charge is 2.06. The second-order valence-corrected chi connectivity index (χ2v) is 4.21. The van der Waals surface area contributed by atoms with E-state index in [1.807, 2.05) is 6.07 Å². The fraction of sp³-hybridized carbons (Fsp3) is 0.0769. The van der Waals surface area contributed by atoms with Crippen molar-refractivity contribution in [1.29, 1.82) is 0 Å². The molecule has 3 aromatic rings. The number of hydrogen-bond acceptors (Lipinski definition) is 5. The fourth-order valence-corrected chi connectivity index (χ4v) is 1.91. The third-order valence-electron chi connectivity index (χ3n) is 2.88. The Morgan fingerprint density at radius 3 is 3.10 bits per heavy atom. The van der Waals surface area contributed by atoms with E-state index in [4.69, 9.17) is 5.11 Å². The second kappa shape index (κ2) is 4.96. The average Bonchev–Trinajstić information content (AvgIpc) is 2.94. The van der Waals surface area contributed by atoms with Gasteiger partial charge in [-0.05, 0) is 17.7 Å². The molecule has 0 bridgehead atoms. The van der Waals surface area contributed by atoms with Gasteiger partial charge in [-0.3, -0.25) is 5.10 Å². The molecule has 0 amide bonds. The van der Waals surface area contributed by atoms with Crippen LogP contribution in [0.15, 0.2) is 36.8 Å². The summed E-state index contributed by atoms with van der Waals surface area (Å²) < 4.78 is 0. The van der Waals surface area contributed by atoms with Crippen LogP contribution >= 0.6 is 0 Å². The van der Waals surface area contributed by atoms with Gasteiger partial charge in [0, 0.05) is 6.54 Å². The second-order valence-electron chi connectivity index (χ2n) is 4.21. The molecule has 0 aliphatic heterocycles. The number of fused-ring (bicyclic) bond motifs is 1. The van der Waals surface area contributed by atoms with Gasteiger partial charge in [-0.25, -0.2) is 14.8 Å². The number of aromatic carboxylic acids is 1. The van der Waals surface area contributed by atoms with E-state index in [2.05, 4.69) is 25.5 Å². The Balaban J connectivity index is 1.81. The Morgan fingerprint density at radius 1 is 1.35 bits per heavy atom. The summed E-state index contributed by atoms with van der Waals surface area (Å²) in [5.74, 6) is -0.282. The van der Waals surface area contributed by atoms with Crippen LogP contribution in [0.5, 0.6) is 0 Å². The lowest BCUT2D eigenvalue weighted by molar-refractivity contribution is 0.0697. The summed E-state index contributed by atoms with van der Waals surface area (Å²) in [4.78, 5) is 19.1. The van der Waals surface area contributed by atoms with Crippen molar-refractivity contribution in [1.82, 2.24) is 20.2 Å². The Morgan fingerprint density at radius 2 is 2.25 bits per heavy atom. The van der Waals surface area contributed by atoms with Gasteiger partial charge < -0.3 is 10.4 Å². The topological polar surface area (TPSA) is 104 Å². The van der Waals surface area contributed by atoms with Crippen LogP contribution in [0.1, 0.15) is 15.9 Å². The van der Waals surface area contributed by atoms with Crippen LogP contribution in [-0.2, 0) is 6.54 Å². The quantitative estimate of drug-likeness (QED) is 0.665. The van der Waals surface area contributed by atoms with Crippen molar-refractivity contribution in [2.45, 2.75) is 6.54 Å². The minimum absolute atomic E-state index is 0.264. The number of carbonyl (C=O) groups is 1. The molecule has 100 valence electrons. The Hall–Kier alpha value is -2.96. The molecule has 0 spiro atoms. The normalized spacial score (nSPS) is 10.6. The van der Waals surface area contributed by atoms with E-state index in [1.54, 1.807) is 24.4 Å². The Bertz CT molecular complexity index is 768. The van der Waals surface area contributed by atoms with Gasteiger partial charge in [0.05, 0.1) is 17.1 Å². The molecule has 1 aromatic carbocycles. The highest BCUT2D eigenvalue weighted by Crippen LogP contribution is 2.17. The predicted octanol–water partition coefficient (Wildman–Crippen LogP) is 1.66. The third kappa shape index (κ3) is 2.28. The summed E-state index contributed by atoms with van der Waals surface area (Å²) in [5, 5.41) is 19.6. The number of benzene rings is 1. The molecule has 2 heterocycles. The average molecular weight is 269 g/mol. The largest absolute Gasteiger partial charge is 0.478 e. The molecule has 0 unspecified atom stereocenters. The van der Waals surface area contributed by atoms with Crippen molar-refractivity contribution in [3.63, 3.8) is 0 Å². The maximum absolute atomic E-state index is 10.9. The zero-order valence-electron chi connectivity index (χ0n) is 10.4. The number of aromatic amines is 1. The first-order valence-electron chi connectivity index (χ1n) is 5.94. The summed E-state index contributed by atoms with van der Waals surface area (Å²) in [6.45, 7) is 0.471. The van der Waals surface area contributed by atoms with Crippen molar-refractivity contribution in [2.24, 2.45) is 0 Å². The van der Waals surface area contributed by atoms with E-state index in [0.29, 0.717) is 18.0 Å². The number of rotatable bonds is 4. The van der Waals surface area contributed by atoms with Crippen molar-refractivity contribution in [2.75, 3.05) is 5.32 Å². The standard InChI is InChI=1S/C13H11N5O2/c19-13(20)9-3-1-2-8(4-9)5-14-11-10-6-17-18-12(10)16-7-15-11/h1-4,6-7H,5H2,(H,19,20)(H2,14,15,16,17,18). The minimum atomic E-state index is -0.939. The minimum Gasteiger partial charge on any atom is -0.478 e. The number of carboxylic acids is 1. The van der Waals surface area contributed by atoms with E-state index in [0.717, 1.165) is 10.9 Å². The molecule has 20 heavy (non-hydrogen) atoms. The number of aromatic nitrogens is 4. The van der Waals surface area contributed by atoms with Crippen LogP contribution in [0.2, 0.25) is 0 Å². The molecular weight excluding hydrogens is 258 g/mol. The predicted molar refractivity (Wildman–Crippen MR) is 72.4 cm³/mol. The van der Waals surface area contributed by atoms with E-state index in [-0.39, 0.29) is 5.56 Å². The number of anilines is 1. The van der Waals surface area contributed by atoms with Crippen LogP contribution in [0, 0.1) is 0 Å². The van der Waals surface area contributed by atoms with E-state index < -0.39 is 5.97 Å². The maximum atomic E-state index is 10.9. The summed E-state index contributed by atoms with van der Waals surface area (Å²) in [5.41, 5.74) is 1.78. The van der Waals surface area contributed by atoms with Gasteiger partial charge >= 0.3 is 5.97 Å². The molecule has 0 aliphatic rings. The van der Waals surface area contributed by atoms with E-state index in [9.17, 15) is 4.79 Å². The molecule has 0 atom stereocenters. The van der Waals surface area contributed by atoms with Crippen molar-refractivity contribution in [3.8, 4) is 0 Å². The van der Waals surface area contributed by atoms with Crippen LogP contribution in [0.4, 0.5) is 5.82 Å². The zero-order valence-corrected chi connectivity index (χ0v) is 10.4. The third-order valence-corrected chi connectivity index (χ3v) is 2.88. The molecule has 0 fully saturated rings. The summed E-state index contributed by atoms with van der Waals surface area (Å²) in [6, 6.07) is 6.76. The first kappa shape index (κ1) is 12.1. The van der Waals surface area contributed by atoms with Gasteiger partial charge in [-0.15, -0.1) is 0 Å². The Kier molecular flexibility index (Phi) is 3.00. The Labute approximate surface area is 113 Å². The molecule has 0 aliphatic carbocycles. The van der Waals surface area contributed by atoms with Crippen molar-refractivity contribution in [3.05, 3.63) is 47.9 Å². The molecule has 7 heteroatoms. The van der Waals surface area contributed by atoms with Gasteiger partial charge in [0.2, 0.25) is 0 Å². The highest BCUT2D eigenvalue weighted by atomic mass is 16.4. The van der Waals surface area contributed by atoms with Crippen molar-refractivity contribution < 1.29 is 9.90 Å². The number of carboxylic acid groups (broad SMARTS) is 1. The van der Waals surface area contributed by atoms with Gasteiger partial charge in [-0.1, -0.05) is 12.1 Å². The molecule has 2 aromatic heterocycles. The molecule has 7 nitrogen and oxygen atoms in total. The van der Waals surface area contributed by atoms with Crippen LogP contribution < -0.4 is 5.32 Å². The SMILES string of the molecule is O=C(O)c1cccc(CNc2ncnc3[nH]ncc23)c1. The summed E-state index contributed by atoms with van der Waals surface area (Å²) >= 11 is 0. The van der Waals surface area contributed by atoms with Crippen LogP contribution in [0.3, 0.4) is 0 Å². The highest BCUT2D eigenvalue weighted by molar-refractivity contribution is 5.88. The molecule has 0 saturated heterocycles. The lowest BCUT2D eigenvalue weighted by atomic mass is 10.1. The van der Waals surface area contributed by atoms with Gasteiger partial charge in [-0.2, -0.15) is 5.10 Å². The number of nitrogens with zero attached hydrogens (tertiary/aromatic N) is 3. The number of hydrogen-bond donors (Lipinski definition) is 3. The monoisotopic (exact) mass is 269 g/mol. The lowest BCUT2D eigenvalue weighted by Crippen LogP contribution is -2.04. The van der Waals surface area contributed by atoms with Gasteiger partial charge in [0.1, 0.15) is 12.1 Å². The molecule has 3 N–H and O–H groups in total. The molecular formula is C13H11N5O2. The molecule has 3 rings (SSSR count). The first-order chi connectivity index (χ1) is 9.74. The first-order valence-corrected chi connectivity index (χ1v) is 5.94. The van der Waals surface area contributed by atoms with E-state index >= 15 is 0 Å². The molecule has 0 saturated carbocycles. The maximum Gasteiger partial charge on any atom is 0.335 e. The molecule has 0 radical (unpaired) electrons. The van der Waals surface area contributed by atoms with Crippen LogP contribution in [-0.4, -0.2) is 31.2 Å². The van der Waals surface area contributed by atoms with E-state index in [1.165, 1.54) is 6.33 Å². The number of nitrogens with one attached hydrogen (secondary N) is 2. The lowest BCUT2D eigenvalue weighted by Gasteiger charge is -2.06. The zero-order chi connectivity index (χ0) is 13.9. The van der Waals surface area contributed by atoms with Crippen molar-refractivity contribution >= 4 is 22.8 Å². The summed E-state index contributed by atoms with van der Waals surface area (Å²) in [6.07, 6.45) is 3.09.